The van der Waals surface area contributed by atoms with Gasteiger partial charge in [-0.05, 0) is 61.4 Å². The Morgan fingerprint density at radius 2 is 1.53 bits per heavy atom. The lowest BCUT2D eigenvalue weighted by molar-refractivity contribution is 0.601. The van der Waals surface area contributed by atoms with Crippen LogP contribution in [0.25, 0.3) is 11.0 Å². The molecule has 4 rings (SSSR count). The molecule has 0 aliphatic rings. The van der Waals surface area contributed by atoms with Crippen LogP contribution in [0, 0.1) is 19.7 Å². The number of halogens is 1. The van der Waals surface area contributed by atoms with Crippen molar-refractivity contribution in [3.05, 3.63) is 83.7 Å². The van der Waals surface area contributed by atoms with Gasteiger partial charge in [-0.25, -0.2) is 22.8 Å². The first-order chi connectivity index (χ1) is 14.3. The molecule has 30 heavy (non-hydrogen) atoms. The number of para-hydroxylation sites is 2. The summed E-state index contributed by atoms with van der Waals surface area (Å²) in [6, 6.07) is 18.3. The standard InChI is InChI=1S/C22H19FN4O2S/c1-14-6-5-7-17(12-14)30(28,29)27-22-21(24-16-11-10-15(2)18(23)13-16)25-19-8-3-4-9-20(19)26-22/h3-13H,1-2H3,(H,24,25)(H,26,27). The maximum atomic E-state index is 14.0. The number of rotatable bonds is 5. The van der Waals surface area contributed by atoms with E-state index in [0.29, 0.717) is 22.3 Å². The lowest BCUT2D eigenvalue weighted by Gasteiger charge is -2.14. The Morgan fingerprint density at radius 1 is 0.833 bits per heavy atom. The molecule has 1 aromatic heterocycles. The van der Waals surface area contributed by atoms with Crippen LogP contribution in [0.4, 0.5) is 21.7 Å². The lowest BCUT2D eigenvalue weighted by Crippen LogP contribution is -2.16. The molecule has 4 aromatic rings. The molecule has 1 heterocycles. The molecular formula is C22H19FN4O2S. The molecule has 152 valence electrons. The molecule has 3 aromatic carbocycles. The highest BCUT2D eigenvalue weighted by atomic mass is 32.2. The minimum atomic E-state index is -3.90. The second-order valence-corrected chi connectivity index (χ2v) is 8.60. The van der Waals surface area contributed by atoms with Gasteiger partial charge >= 0.3 is 0 Å². The smallest absolute Gasteiger partial charge is 0.263 e. The normalized spacial score (nSPS) is 11.4. The number of aryl methyl sites for hydroxylation is 2. The van der Waals surface area contributed by atoms with Gasteiger partial charge in [-0.2, -0.15) is 0 Å². The van der Waals surface area contributed by atoms with Gasteiger partial charge in [-0.3, -0.25) is 4.72 Å². The number of hydrogen-bond acceptors (Lipinski definition) is 5. The van der Waals surface area contributed by atoms with E-state index >= 15 is 0 Å². The Hall–Kier alpha value is -3.52. The third-order valence-corrected chi connectivity index (χ3v) is 5.87. The first kappa shape index (κ1) is 19.8. The van der Waals surface area contributed by atoms with E-state index in [1.165, 1.54) is 12.1 Å². The molecule has 0 saturated carbocycles. The largest absolute Gasteiger partial charge is 0.337 e. The number of fused-ring (bicyclic) bond motifs is 1. The molecule has 8 heteroatoms. The topological polar surface area (TPSA) is 84.0 Å². The van der Waals surface area contributed by atoms with Gasteiger partial charge in [0.2, 0.25) is 0 Å². The van der Waals surface area contributed by atoms with Crippen LogP contribution in [0.15, 0.2) is 71.6 Å². The average Bonchev–Trinajstić information content (AvgIpc) is 2.71. The van der Waals surface area contributed by atoms with E-state index < -0.39 is 10.0 Å². The number of aromatic nitrogens is 2. The van der Waals surface area contributed by atoms with Crippen molar-refractivity contribution < 1.29 is 12.8 Å². The molecule has 0 amide bonds. The van der Waals surface area contributed by atoms with Crippen molar-refractivity contribution >= 4 is 38.4 Å². The van der Waals surface area contributed by atoms with Crippen molar-refractivity contribution in [1.82, 2.24) is 9.97 Å². The zero-order valence-corrected chi connectivity index (χ0v) is 17.2. The van der Waals surface area contributed by atoms with Crippen LogP contribution in [0.3, 0.4) is 0 Å². The molecule has 0 aliphatic heterocycles. The second kappa shape index (κ2) is 7.72. The Kier molecular flexibility index (Phi) is 5.09. The molecule has 6 nitrogen and oxygen atoms in total. The van der Waals surface area contributed by atoms with Gasteiger partial charge in [0, 0.05) is 5.69 Å². The van der Waals surface area contributed by atoms with Gasteiger partial charge in [0.1, 0.15) is 5.82 Å². The van der Waals surface area contributed by atoms with Crippen LogP contribution in [0.1, 0.15) is 11.1 Å². The monoisotopic (exact) mass is 422 g/mol. The fourth-order valence-corrected chi connectivity index (χ4v) is 4.05. The number of anilines is 3. The van der Waals surface area contributed by atoms with Crippen LogP contribution >= 0.6 is 0 Å². The van der Waals surface area contributed by atoms with Gasteiger partial charge in [0.05, 0.1) is 15.9 Å². The lowest BCUT2D eigenvalue weighted by atomic mass is 10.2. The summed E-state index contributed by atoms with van der Waals surface area (Å²) < 4.78 is 42.3. The first-order valence-corrected chi connectivity index (χ1v) is 10.7. The highest BCUT2D eigenvalue weighted by Crippen LogP contribution is 2.28. The Morgan fingerprint density at radius 3 is 2.20 bits per heavy atom. The molecule has 0 atom stereocenters. The van der Waals surface area contributed by atoms with Gasteiger partial charge in [-0.1, -0.05) is 30.3 Å². The zero-order valence-electron chi connectivity index (χ0n) is 16.3. The summed E-state index contributed by atoms with van der Waals surface area (Å²) in [5.74, 6) is -0.181. The number of nitrogens with zero attached hydrogens (tertiary/aromatic N) is 2. The molecule has 0 unspecified atom stereocenters. The van der Waals surface area contributed by atoms with Crippen LogP contribution in [-0.2, 0) is 10.0 Å². The van der Waals surface area contributed by atoms with Crippen LogP contribution < -0.4 is 10.0 Å². The highest BCUT2D eigenvalue weighted by Gasteiger charge is 2.19. The van der Waals surface area contributed by atoms with E-state index in [9.17, 15) is 12.8 Å². The summed E-state index contributed by atoms with van der Waals surface area (Å²) >= 11 is 0. The third kappa shape index (κ3) is 4.08. The summed E-state index contributed by atoms with van der Waals surface area (Å²) in [6.45, 7) is 3.48. The molecular weight excluding hydrogens is 403 g/mol. The van der Waals surface area contributed by atoms with Crippen molar-refractivity contribution in [3.8, 4) is 0 Å². The van der Waals surface area contributed by atoms with Crippen LogP contribution in [0.2, 0.25) is 0 Å². The average molecular weight is 422 g/mol. The van der Waals surface area contributed by atoms with Gasteiger partial charge in [0.15, 0.2) is 11.6 Å². The molecule has 0 aliphatic carbocycles. The van der Waals surface area contributed by atoms with Crippen LogP contribution in [-0.4, -0.2) is 18.4 Å². The maximum Gasteiger partial charge on any atom is 0.263 e. The van der Waals surface area contributed by atoms with Crippen molar-refractivity contribution in [2.45, 2.75) is 18.7 Å². The van der Waals surface area contributed by atoms with E-state index in [1.807, 2.05) is 19.1 Å². The molecule has 0 spiro atoms. The van der Waals surface area contributed by atoms with E-state index in [0.717, 1.165) is 5.56 Å². The summed E-state index contributed by atoms with van der Waals surface area (Å²) in [5, 5.41) is 2.98. The van der Waals surface area contributed by atoms with Crippen LogP contribution in [0.5, 0.6) is 0 Å². The highest BCUT2D eigenvalue weighted by molar-refractivity contribution is 7.92. The molecule has 2 N–H and O–H groups in total. The molecule has 0 saturated heterocycles. The minimum absolute atomic E-state index is 0.0242. The minimum Gasteiger partial charge on any atom is -0.337 e. The second-order valence-electron chi connectivity index (χ2n) is 6.92. The van der Waals surface area contributed by atoms with E-state index in [1.54, 1.807) is 49.4 Å². The number of nitrogens with one attached hydrogen (secondary N) is 2. The fourth-order valence-electron chi connectivity index (χ4n) is 2.93. The quantitative estimate of drug-likeness (QED) is 0.476. The Bertz CT molecular complexity index is 1360. The van der Waals surface area contributed by atoms with Gasteiger partial charge < -0.3 is 5.32 Å². The van der Waals surface area contributed by atoms with E-state index in [4.69, 9.17) is 0 Å². The molecule has 0 fully saturated rings. The Balaban J connectivity index is 1.79. The number of benzene rings is 3. The number of sulfonamides is 1. The zero-order chi connectivity index (χ0) is 21.3. The first-order valence-electron chi connectivity index (χ1n) is 9.21. The summed E-state index contributed by atoms with van der Waals surface area (Å²) in [5.41, 5.74) is 2.85. The fraction of sp³-hybridized carbons (Fsp3) is 0.0909. The Labute approximate surface area is 173 Å². The van der Waals surface area contributed by atoms with Gasteiger partial charge in [0.25, 0.3) is 10.0 Å². The van der Waals surface area contributed by atoms with Crippen molar-refractivity contribution in [1.29, 1.82) is 0 Å². The third-order valence-electron chi connectivity index (χ3n) is 4.54. The number of hydrogen-bond donors (Lipinski definition) is 2. The molecule has 0 bridgehead atoms. The summed E-state index contributed by atoms with van der Waals surface area (Å²) in [6.07, 6.45) is 0. The molecule has 0 radical (unpaired) electrons. The predicted molar refractivity (Wildman–Crippen MR) is 116 cm³/mol. The predicted octanol–water partition coefficient (Wildman–Crippen LogP) is 4.93. The van der Waals surface area contributed by atoms with E-state index in [2.05, 4.69) is 20.0 Å². The van der Waals surface area contributed by atoms with Crippen molar-refractivity contribution in [2.24, 2.45) is 0 Å². The SMILES string of the molecule is Cc1cccc(S(=O)(=O)Nc2nc3ccccc3nc2Nc2ccc(C)c(F)c2)c1. The van der Waals surface area contributed by atoms with Crippen molar-refractivity contribution in [2.75, 3.05) is 10.0 Å². The summed E-state index contributed by atoms with van der Waals surface area (Å²) in [4.78, 5) is 9.05. The van der Waals surface area contributed by atoms with E-state index in [-0.39, 0.29) is 22.3 Å². The summed E-state index contributed by atoms with van der Waals surface area (Å²) in [7, 11) is -3.90. The van der Waals surface area contributed by atoms with Gasteiger partial charge in [-0.15, -0.1) is 0 Å². The van der Waals surface area contributed by atoms with Crippen molar-refractivity contribution in [3.63, 3.8) is 0 Å². The maximum absolute atomic E-state index is 14.0.